The van der Waals surface area contributed by atoms with Crippen LogP contribution in [0.2, 0.25) is 0 Å². The van der Waals surface area contributed by atoms with E-state index in [4.69, 9.17) is 4.74 Å². The second-order valence-corrected chi connectivity index (χ2v) is 13.3. The van der Waals surface area contributed by atoms with Gasteiger partial charge < -0.3 is 25.7 Å². The third-order valence-corrected chi connectivity index (χ3v) is 8.07. The van der Waals surface area contributed by atoms with Gasteiger partial charge in [-0.15, -0.1) is 0 Å². The predicted octanol–water partition coefficient (Wildman–Crippen LogP) is 6.98. The van der Waals surface area contributed by atoms with Crippen LogP contribution in [0.25, 0.3) is 11.0 Å². The Morgan fingerprint density at radius 2 is 1.65 bits per heavy atom. The number of aromatic nitrogens is 2. The zero-order chi connectivity index (χ0) is 33.9. The van der Waals surface area contributed by atoms with Crippen LogP contribution in [0.4, 0.5) is 32.4 Å². The minimum Gasteiger partial charge on any atom is -0.444 e. The van der Waals surface area contributed by atoms with E-state index in [0.717, 1.165) is 10.0 Å². The van der Waals surface area contributed by atoms with Crippen molar-refractivity contribution in [3.05, 3.63) is 58.3 Å². The summed E-state index contributed by atoms with van der Waals surface area (Å²) in [5.41, 5.74) is -0.0285. The molecule has 1 aliphatic carbocycles. The first-order valence-corrected chi connectivity index (χ1v) is 15.5. The van der Waals surface area contributed by atoms with E-state index in [1.54, 1.807) is 45.0 Å². The molecule has 3 aromatic rings. The zero-order valence-electron chi connectivity index (χ0n) is 25.4. The Morgan fingerprint density at radius 3 is 2.26 bits per heavy atom. The normalized spacial score (nSPS) is 18.1. The first-order chi connectivity index (χ1) is 21.4. The van der Waals surface area contributed by atoms with Gasteiger partial charge in [0.15, 0.2) is 5.82 Å². The van der Waals surface area contributed by atoms with Crippen LogP contribution in [0.1, 0.15) is 57.8 Å². The highest BCUT2D eigenvalue weighted by Gasteiger charge is 2.61. The molecule has 46 heavy (non-hydrogen) atoms. The van der Waals surface area contributed by atoms with Gasteiger partial charge in [-0.25, -0.2) is 9.78 Å². The molecule has 0 spiro atoms. The molecule has 1 heterocycles. The van der Waals surface area contributed by atoms with E-state index in [-0.39, 0.29) is 40.9 Å². The van der Waals surface area contributed by atoms with E-state index in [2.05, 4.69) is 36.9 Å². The zero-order valence-corrected chi connectivity index (χ0v) is 27.0. The highest BCUT2D eigenvalue weighted by molar-refractivity contribution is 9.10. The fourth-order valence-electron chi connectivity index (χ4n) is 5.13. The fourth-order valence-corrected chi connectivity index (χ4v) is 5.39. The lowest BCUT2D eigenvalue weighted by Gasteiger charge is -2.29. The summed E-state index contributed by atoms with van der Waals surface area (Å²) in [7, 11) is 0. The number of nitrogens with zero attached hydrogens (tertiary/aromatic N) is 1. The summed E-state index contributed by atoms with van der Waals surface area (Å²) in [5.74, 6) is -7.84. The first-order valence-electron chi connectivity index (χ1n) is 14.7. The summed E-state index contributed by atoms with van der Waals surface area (Å²) >= 11 is 3.36. The van der Waals surface area contributed by atoms with E-state index >= 15 is 0 Å². The number of halogens is 6. The quantitative estimate of drug-likeness (QED) is 0.178. The molecule has 0 unspecified atom stereocenters. The molecule has 0 aliphatic heterocycles. The van der Waals surface area contributed by atoms with Gasteiger partial charge in [-0.05, 0) is 88.3 Å². The van der Waals surface area contributed by atoms with Gasteiger partial charge in [-0.1, -0.05) is 28.1 Å². The molecule has 0 bridgehead atoms. The van der Waals surface area contributed by atoms with E-state index in [1.165, 1.54) is 18.2 Å². The number of rotatable bonds is 9. The van der Waals surface area contributed by atoms with Gasteiger partial charge in [0, 0.05) is 29.0 Å². The van der Waals surface area contributed by atoms with Crippen molar-refractivity contribution >= 4 is 50.6 Å². The number of aromatic amines is 1. The van der Waals surface area contributed by atoms with Gasteiger partial charge in [0.1, 0.15) is 11.6 Å². The summed E-state index contributed by atoms with van der Waals surface area (Å²) in [6, 6.07) is 9.86. The average molecular weight is 717 g/mol. The highest BCUT2D eigenvalue weighted by Crippen LogP contribution is 2.43. The number of fused-ring (bicyclic) bond motifs is 1. The van der Waals surface area contributed by atoms with Crippen LogP contribution in [0.5, 0.6) is 0 Å². The van der Waals surface area contributed by atoms with Crippen molar-refractivity contribution in [1.29, 1.82) is 0 Å². The highest BCUT2D eigenvalue weighted by atomic mass is 79.9. The van der Waals surface area contributed by atoms with Gasteiger partial charge in [-0.3, -0.25) is 9.59 Å². The Labute approximate surface area is 270 Å². The lowest BCUT2D eigenvalue weighted by atomic mass is 9.81. The number of hydrogen-bond acceptors (Lipinski definition) is 5. The number of imidazole rings is 1. The van der Waals surface area contributed by atoms with Crippen LogP contribution in [-0.2, 0) is 26.7 Å². The summed E-state index contributed by atoms with van der Waals surface area (Å²) in [6.45, 7) is 5.76. The lowest BCUT2D eigenvalue weighted by molar-refractivity contribution is -0.292. The number of carbonyl (C=O) groups excluding carboxylic acids is 3. The van der Waals surface area contributed by atoms with Gasteiger partial charge in [0.05, 0.1) is 11.0 Å². The topological polar surface area (TPSA) is 125 Å². The van der Waals surface area contributed by atoms with Gasteiger partial charge in [0.25, 0.3) is 0 Å². The van der Waals surface area contributed by atoms with Crippen molar-refractivity contribution in [3.8, 4) is 0 Å². The number of carbonyl (C=O) groups is 3. The largest absolute Gasteiger partial charge is 0.461 e. The van der Waals surface area contributed by atoms with Crippen molar-refractivity contribution in [1.82, 2.24) is 20.6 Å². The van der Waals surface area contributed by atoms with Crippen LogP contribution in [0.3, 0.4) is 0 Å². The number of nitrogens with one attached hydrogen (secondary N) is 4. The smallest absolute Gasteiger partial charge is 0.444 e. The number of amides is 3. The van der Waals surface area contributed by atoms with Gasteiger partial charge in [0.2, 0.25) is 11.8 Å². The van der Waals surface area contributed by atoms with Crippen LogP contribution >= 0.6 is 15.9 Å². The molecule has 3 amide bonds. The molecule has 1 fully saturated rings. The number of ether oxygens (including phenoxy) is 1. The third-order valence-electron chi connectivity index (χ3n) is 7.54. The predicted molar refractivity (Wildman–Crippen MR) is 164 cm³/mol. The molecule has 1 aliphatic rings. The number of anilines is 1. The summed E-state index contributed by atoms with van der Waals surface area (Å²) < 4.78 is 72.2. The summed E-state index contributed by atoms with van der Waals surface area (Å²) in [5, 5.41) is 8.24. The Kier molecular flexibility index (Phi) is 10.6. The number of alkyl halides is 5. The average Bonchev–Trinajstić information content (AvgIpc) is 3.40. The molecule has 1 atom stereocenters. The van der Waals surface area contributed by atoms with E-state index in [0.29, 0.717) is 32.2 Å². The Balaban J connectivity index is 1.42. The Morgan fingerprint density at radius 1 is 1.00 bits per heavy atom. The molecule has 250 valence electrons. The van der Waals surface area contributed by atoms with Crippen molar-refractivity contribution in [2.24, 2.45) is 11.8 Å². The van der Waals surface area contributed by atoms with Crippen molar-refractivity contribution in [2.45, 2.75) is 76.6 Å². The number of hydrogen-bond donors (Lipinski definition) is 4. The van der Waals surface area contributed by atoms with Crippen LogP contribution < -0.4 is 16.0 Å². The van der Waals surface area contributed by atoms with Crippen molar-refractivity contribution in [2.75, 3.05) is 11.9 Å². The maximum absolute atomic E-state index is 13.8. The van der Waals surface area contributed by atoms with E-state index in [1.807, 2.05) is 4.98 Å². The first kappa shape index (κ1) is 35.1. The minimum atomic E-state index is -5.84. The van der Waals surface area contributed by atoms with Crippen molar-refractivity contribution < 1.29 is 41.1 Å². The third kappa shape index (κ3) is 9.17. The summed E-state index contributed by atoms with van der Waals surface area (Å²) in [6.07, 6.45) is -3.71. The maximum atomic E-state index is 13.8. The Hall–Kier alpha value is -3.75. The molecule has 0 saturated heterocycles. The molecule has 1 aromatic heterocycles. The minimum absolute atomic E-state index is 0.107. The fraction of sp³-hybridized carbons (Fsp3) is 0.484. The molecule has 9 nitrogen and oxygen atoms in total. The maximum Gasteiger partial charge on any atom is 0.461 e. The molecule has 15 heteroatoms. The van der Waals surface area contributed by atoms with Crippen LogP contribution in [0, 0.1) is 11.8 Å². The number of benzene rings is 2. The number of H-pyrrole nitrogens is 1. The monoisotopic (exact) mass is 715 g/mol. The standard InChI is InChI=1S/C31H35BrF5N5O4/c1-29(2,3)46-28(45)38-16-18-4-8-19(9-5-18)25(43)40-24(14-17-6-10-20(32)11-7-17)26(44)39-21-12-13-22-23(15-21)42-27(41-22)30(33,34)31(35,36)37/h6-7,10-13,15,18-19,24H,4-5,8-9,14,16H2,1-3H3,(H,38,45)(H,39,44)(H,40,43)(H,41,42)/t18?,19?,24-/m0/s1. The second kappa shape index (κ2) is 13.9. The molecule has 0 radical (unpaired) electrons. The lowest BCUT2D eigenvalue weighted by Crippen LogP contribution is -2.48. The van der Waals surface area contributed by atoms with Crippen LogP contribution in [-0.4, -0.2) is 52.2 Å². The Bertz CT molecular complexity index is 1550. The van der Waals surface area contributed by atoms with Crippen molar-refractivity contribution in [3.63, 3.8) is 0 Å². The van der Waals surface area contributed by atoms with E-state index in [9.17, 15) is 36.3 Å². The molecule has 4 N–H and O–H groups in total. The van der Waals surface area contributed by atoms with Gasteiger partial charge in [-0.2, -0.15) is 22.0 Å². The van der Waals surface area contributed by atoms with E-state index < -0.39 is 41.6 Å². The molecule has 4 rings (SSSR count). The molecule has 1 saturated carbocycles. The molecular formula is C31H35BrF5N5O4. The number of alkyl carbamates (subject to hydrolysis) is 1. The van der Waals surface area contributed by atoms with Gasteiger partial charge >= 0.3 is 18.2 Å². The van der Waals surface area contributed by atoms with Crippen LogP contribution in [0.15, 0.2) is 46.9 Å². The molecule has 2 aromatic carbocycles. The SMILES string of the molecule is CC(C)(C)OC(=O)NCC1CCC(C(=O)N[C@@H](Cc2ccc(Br)cc2)C(=O)Nc2ccc3nc(C(F)(F)C(F)(F)F)[nH]c3c2)CC1. The second-order valence-electron chi connectivity index (χ2n) is 12.4. The molecular weight excluding hydrogens is 681 g/mol. The summed E-state index contributed by atoms with van der Waals surface area (Å²) in [4.78, 5) is 44.1.